The number of hydrogen-bond acceptors (Lipinski definition) is 4. The number of ether oxygens (including phenoxy) is 1. The monoisotopic (exact) mass is 233 g/mol. The molecule has 0 heterocycles. The Hall–Kier alpha value is -0.220. The van der Waals surface area contributed by atoms with Gasteiger partial charge in [-0.15, -0.1) is 0 Å². The average Bonchev–Trinajstić information content (AvgIpc) is 2.23. The molecule has 1 atom stereocenters. The minimum atomic E-state index is -0.0941. The molecule has 0 aromatic heterocycles. The van der Waals surface area contributed by atoms with Gasteiger partial charge in [-0.1, -0.05) is 6.92 Å². The maximum Gasteiger partial charge on any atom is 0.307 e. The molecule has 0 spiro atoms. The third kappa shape index (κ3) is 6.79. The lowest BCUT2D eigenvalue weighted by Gasteiger charge is -2.26. The first-order valence-corrected chi connectivity index (χ1v) is 6.89. The summed E-state index contributed by atoms with van der Waals surface area (Å²) in [6, 6.07) is 0.564. The molecule has 0 saturated heterocycles. The van der Waals surface area contributed by atoms with E-state index in [9.17, 15) is 4.79 Å². The van der Waals surface area contributed by atoms with E-state index in [0.717, 1.165) is 18.7 Å². The minimum Gasteiger partial charge on any atom is -0.466 e. The number of carbonyl (C=O) groups excluding carboxylic acids is 1. The van der Waals surface area contributed by atoms with Crippen molar-refractivity contribution >= 4 is 17.7 Å². The summed E-state index contributed by atoms with van der Waals surface area (Å²) >= 11 is 1.85. The van der Waals surface area contributed by atoms with Crippen LogP contribution in [0, 0.1) is 0 Å². The van der Waals surface area contributed by atoms with E-state index < -0.39 is 0 Å². The summed E-state index contributed by atoms with van der Waals surface area (Å²) in [5, 5.41) is 0. The summed E-state index contributed by atoms with van der Waals surface area (Å²) in [5.41, 5.74) is 0. The van der Waals surface area contributed by atoms with Crippen molar-refractivity contribution in [2.45, 2.75) is 32.7 Å². The summed E-state index contributed by atoms with van der Waals surface area (Å²) in [4.78, 5) is 13.4. The molecule has 4 heteroatoms. The fraction of sp³-hybridized carbons (Fsp3) is 0.909. The highest BCUT2D eigenvalue weighted by molar-refractivity contribution is 7.98. The number of carbonyl (C=O) groups is 1. The van der Waals surface area contributed by atoms with Crippen LogP contribution in [0.15, 0.2) is 0 Å². The van der Waals surface area contributed by atoms with E-state index >= 15 is 0 Å². The molecule has 90 valence electrons. The van der Waals surface area contributed by atoms with Gasteiger partial charge in [0.2, 0.25) is 0 Å². The van der Waals surface area contributed by atoms with Crippen LogP contribution in [0.4, 0.5) is 0 Å². The molecule has 0 N–H and O–H groups in total. The highest BCUT2D eigenvalue weighted by Gasteiger charge is 2.13. The van der Waals surface area contributed by atoms with E-state index in [2.05, 4.69) is 25.1 Å². The van der Waals surface area contributed by atoms with Gasteiger partial charge >= 0.3 is 5.97 Å². The molecule has 0 aliphatic carbocycles. The second-order valence-electron chi connectivity index (χ2n) is 3.55. The molecule has 0 aromatic carbocycles. The van der Waals surface area contributed by atoms with Crippen LogP contribution in [0.1, 0.15) is 26.7 Å². The summed E-state index contributed by atoms with van der Waals surface area (Å²) < 4.78 is 4.89. The fourth-order valence-corrected chi connectivity index (χ4v) is 2.31. The van der Waals surface area contributed by atoms with Gasteiger partial charge in [0, 0.05) is 18.3 Å². The zero-order valence-corrected chi connectivity index (χ0v) is 11.1. The lowest BCUT2D eigenvalue weighted by molar-refractivity contribution is -0.143. The zero-order chi connectivity index (χ0) is 11.7. The molecule has 0 rings (SSSR count). The maximum atomic E-state index is 11.2. The van der Waals surface area contributed by atoms with Crippen LogP contribution < -0.4 is 0 Å². The maximum absolute atomic E-state index is 11.2. The van der Waals surface area contributed by atoms with Crippen LogP contribution in [0.2, 0.25) is 0 Å². The molecule has 0 aliphatic heterocycles. The van der Waals surface area contributed by atoms with Gasteiger partial charge in [0.1, 0.15) is 0 Å². The summed E-state index contributed by atoms with van der Waals surface area (Å²) in [5.74, 6) is 1.03. The van der Waals surface area contributed by atoms with Crippen molar-refractivity contribution in [3.63, 3.8) is 0 Å². The van der Waals surface area contributed by atoms with Crippen molar-refractivity contribution in [1.29, 1.82) is 0 Å². The summed E-state index contributed by atoms with van der Waals surface area (Å²) in [6.07, 6.45) is 3.73. The second kappa shape index (κ2) is 9.04. The molecular formula is C11H23NO2S. The minimum absolute atomic E-state index is 0.0941. The SMILES string of the molecule is CCOC(=O)CCN(C)C(CC)CSC. The Labute approximate surface area is 97.5 Å². The van der Waals surface area contributed by atoms with Crippen LogP contribution in [-0.4, -0.2) is 49.1 Å². The van der Waals surface area contributed by atoms with Crippen LogP contribution >= 0.6 is 11.8 Å². The molecule has 3 nitrogen and oxygen atoms in total. The van der Waals surface area contributed by atoms with Gasteiger partial charge in [-0.3, -0.25) is 4.79 Å². The Morgan fingerprint density at radius 3 is 2.60 bits per heavy atom. The number of rotatable bonds is 8. The van der Waals surface area contributed by atoms with E-state index in [1.807, 2.05) is 18.7 Å². The number of hydrogen-bond donors (Lipinski definition) is 0. The Kier molecular flexibility index (Phi) is 8.91. The van der Waals surface area contributed by atoms with Gasteiger partial charge in [-0.05, 0) is 26.6 Å². The van der Waals surface area contributed by atoms with Gasteiger partial charge in [0.15, 0.2) is 0 Å². The predicted octanol–water partition coefficient (Wildman–Crippen LogP) is 2.01. The molecule has 15 heavy (non-hydrogen) atoms. The molecule has 0 amide bonds. The van der Waals surface area contributed by atoms with Crippen molar-refractivity contribution in [1.82, 2.24) is 4.90 Å². The highest BCUT2D eigenvalue weighted by atomic mass is 32.2. The number of esters is 1. The Bertz CT molecular complexity index is 176. The molecular weight excluding hydrogens is 210 g/mol. The molecule has 1 unspecified atom stereocenters. The quantitative estimate of drug-likeness (QED) is 0.600. The molecule has 0 aliphatic rings. The molecule has 0 saturated carbocycles. The predicted molar refractivity (Wildman–Crippen MR) is 66.3 cm³/mol. The van der Waals surface area contributed by atoms with Crippen LogP contribution in [0.5, 0.6) is 0 Å². The second-order valence-corrected chi connectivity index (χ2v) is 4.46. The zero-order valence-electron chi connectivity index (χ0n) is 10.3. The smallest absolute Gasteiger partial charge is 0.307 e. The number of thioether (sulfide) groups is 1. The largest absolute Gasteiger partial charge is 0.466 e. The van der Waals surface area contributed by atoms with Gasteiger partial charge in [-0.25, -0.2) is 0 Å². The van der Waals surface area contributed by atoms with Crippen molar-refractivity contribution in [3.05, 3.63) is 0 Å². The van der Waals surface area contributed by atoms with Crippen molar-refractivity contribution < 1.29 is 9.53 Å². The number of nitrogens with zero attached hydrogens (tertiary/aromatic N) is 1. The van der Waals surface area contributed by atoms with E-state index in [0.29, 0.717) is 19.1 Å². The van der Waals surface area contributed by atoms with Crippen LogP contribution in [0.3, 0.4) is 0 Å². The normalized spacial score (nSPS) is 12.9. The Morgan fingerprint density at radius 2 is 2.13 bits per heavy atom. The summed E-state index contributed by atoms with van der Waals surface area (Å²) in [6.45, 7) is 5.29. The first-order chi connectivity index (χ1) is 7.15. The first kappa shape index (κ1) is 14.8. The third-order valence-corrected chi connectivity index (χ3v) is 3.15. The first-order valence-electron chi connectivity index (χ1n) is 5.50. The molecule has 0 radical (unpaired) electrons. The van der Waals surface area contributed by atoms with Gasteiger partial charge in [-0.2, -0.15) is 11.8 Å². The lowest BCUT2D eigenvalue weighted by atomic mass is 10.2. The third-order valence-electron chi connectivity index (χ3n) is 2.43. The van der Waals surface area contributed by atoms with Crippen molar-refractivity contribution in [2.24, 2.45) is 0 Å². The van der Waals surface area contributed by atoms with Crippen LogP contribution in [-0.2, 0) is 9.53 Å². The average molecular weight is 233 g/mol. The Morgan fingerprint density at radius 1 is 1.47 bits per heavy atom. The van der Waals surface area contributed by atoms with Gasteiger partial charge in [0.25, 0.3) is 0 Å². The van der Waals surface area contributed by atoms with E-state index in [1.165, 1.54) is 0 Å². The van der Waals surface area contributed by atoms with Crippen molar-refractivity contribution in [2.75, 3.05) is 32.2 Å². The van der Waals surface area contributed by atoms with Crippen molar-refractivity contribution in [3.8, 4) is 0 Å². The van der Waals surface area contributed by atoms with E-state index in [1.54, 1.807) is 0 Å². The van der Waals surface area contributed by atoms with Crippen LogP contribution in [0.25, 0.3) is 0 Å². The van der Waals surface area contributed by atoms with Gasteiger partial charge < -0.3 is 9.64 Å². The summed E-state index contributed by atoms with van der Waals surface area (Å²) in [7, 11) is 2.07. The van der Waals surface area contributed by atoms with E-state index in [4.69, 9.17) is 4.74 Å². The highest BCUT2D eigenvalue weighted by Crippen LogP contribution is 2.08. The van der Waals surface area contributed by atoms with Gasteiger partial charge in [0.05, 0.1) is 13.0 Å². The molecule has 0 aromatic rings. The van der Waals surface area contributed by atoms with E-state index in [-0.39, 0.29) is 5.97 Å². The topological polar surface area (TPSA) is 29.5 Å². The molecule has 0 fully saturated rings. The Balaban J connectivity index is 3.79. The fourth-order valence-electron chi connectivity index (χ4n) is 1.43. The molecule has 0 bridgehead atoms. The lowest BCUT2D eigenvalue weighted by Crippen LogP contribution is -2.35. The standard InChI is InChI=1S/C11H23NO2S/c1-5-10(9-15-4)12(3)8-7-11(13)14-6-2/h10H,5-9H2,1-4H3.